The van der Waals surface area contributed by atoms with Gasteiger partial charge in [-0.2, -0.15) is 5.10 Å². The van der Waals surface area contributed by atoms with Crippen molar-refractivity contribution >= 4 is 10.9 Å². The highest BCUT2D eigenvalue weighted by Crippen LogP contribution is 2.29. The normalized spacial score (nSPS) is 21.4. The van der Waals surface area contributed by atoms with Gasteiger partial charge in [-0.3, -0.25) is 5.10 Å². The van der Waals surface area contributed by atoms with Crippen LogP contribution in [0.25, 0.3) is 10.9 Å². The number of hydrogen-bond acceptors (Lipinski definition) is 2. The number of aromatic amines is 1. The summed E-state index contributed by atoms with van der Waals surface area (Å²) in [6.07, 6.45) is 4.07. The summed E-state index contributed by atoms with van der Waals surface area (Å²) in [5.74, 6) is 0.224. The van der Waals surface area contributed by atoms with Crippen molar-refractivity contribution in [3.8, 4) is 0 Å². The Hall–Kier alpha value is -1.42. The molecule has 2 N–H and O–H groups in total. The molecule has 3 nitrogen and oxygen atoms in total. The molecule has 1 fully saturated rings. The molecule has 0 bridgehead atoms. The van der Waals surface area contributed by atoms with Crippen LogP contribution in [-0.2, 0) is 0 Å². The van der Waals surface area contributed by atoms with Crippen molar-refractivity contribution in [2.24, 2.45) is 0 Å². The van der Waals surface area contributed by atoms with Crippen LogP contribution in [0.5, 0.6) is 0 Å². The van der Waals surface area contributed by atoms with Crippen LogP contribution in [-0.4, -0.2) is 23.3 Å². The molecule has 0 spiro atoms. The SMILES string of the molecule is Fc1cc(C2CCCNC2)c2cn[nH]c2c1. The maximum absolute atomic E-state index is 13.5. The highest BCUT2D eigenvalue weighted by atomic mass is 19.1. The smallest absolute Gasteiger partial charge is 0.125 e. The van der Waals surface area contributed by atoms with Gasteiger partial charge < -0.3 is 5.32 Å². The van der Waals surface area contributed by atoms with E-state index in [-0.39, 0.29) is 5.82 Å². The largest absolute Gasteiger partial charge is 0.316 e. The Morgan fingerprint density at radius 3 is 3.12 bits per heavy atom. The van der Waals surface area contributed by atoms with Crippen molar-refractivity contribution in [3.05, 3.63) is 29.7 Å². The van der Waals surface area contributed by atoms with E-state index in [4.69, 9.17) is 0 Å². The summed E-state index contributed by atoms with van der Waals surface area (Å²) in [6, 6.07) is 3.15. The number of hydrogen-bond donors (Lipinski definition) is 2. The molecule has 1 aliphatic rings. The van der Waals surface area contributed by atoms with Crippen molar-refractivity contribution in [1.82, 2.24) is 15.5 Å². The molecule has 1 saturated heterocycles. The van der Waals surface area contributed by atoms with Crippen molar-refractivity contribution in [2.45, 2.75) is 18.8 Å². The Labute approximate surface area is 93.0 Å². The van der Waals surface area contributed by atoms with Gasteiger partial charge in [-0.15, -0.1) is 0 Å². The second-order valence-electron chi connectivity index (χ2n) is 4.37. The van der Waals surface area contributed by atoms with Crippen LogP contribution < -0.4 is 5.32 Å². The predicted octanol–water partition coefficient (Wildman–Crippen LogP) is 2.17. The van der Waals surface area contributed by atoms with Crippen LogP contribution in [0.1, 0.15) is 24.3 Å². The highest BCUT2D eigenvalue weighted by molar-refractivity contribution is 5.82. The molecule has 0 aliphatic carbocycles. The lowest BCUT2D eigenvalue weighted by Gasteiger charge is -2.23. The Morgan fingerprint density at radius 2 is 2.31 bits per heavy atom. The summed E-state index contributed by atoms with van der Waals surface area (Å²) in [5.41, 5.74) is 1.87. The third kappa shape index (κ3) is 1.59. The van der Waals surface area contributed by atoms with Gasteiger partial charge in [0.15, 0.2) is 0 Å². The van der Waals surface area contributed by atoms with Gasteiger partial charge >= 0.3 is 0 Å². The first-order valence-electron chi connectivity index (χ1n) is 5.68. The summed E-state index contributed by atoms with van der Waals surface area (Å²) < 4.78 is 13.5. The molecule has 4 heteroatoms. The standard InChI is InChI=1S/C12H14FN3/c13-9-4-10(8-2-1-3-14-6-8)11-7-15-16-12(11)5-9/h4-5,7-8,14H,1-3,6H2,(H,15,16). The van der Waals surface area contributed by atoms with E-state index in [1.54, 1.807) is 12.3 Å². The van der Waals surface area contributed by atoms with Gasteiger partial charge in [-0.05, 0) is 43.0 Å². The molecule has 16 heavy (non-hydrogen) atoms. The number of H-pyrrole nitrogens is 1. The second kappa shape index (κ2) is 3.87. The lowest BCUT2D eigenvalue weighted by Crippen LogP contribution is -2.28. The molecule has 0 saturated carbocycles. The summed E-state index contributed by atoms with van der Waals surface area (Å²) in [7, 11) is 0. The predicted molar refractivity (Wildman–Crippen MR) is 60.9 cm³/mol. The van der Waals surface area contributed by atoms with Crippen LogP contribution in [0.3, 0.4) is 0 Å². The molecular formula is C12H14FN3. The quantitative estimate of drug-likeness (QED) is 0.771. The van der Waals surface area contributed by atoms with Crippen molar-refractivity contribution in [1.29, 1.82) is 0 Å². The highest BCUT2D eigenvalue weighted by Gasteiger charge is 2.18. The van der Waals surface area contributed by atoms with Gasteiger partial charge in [0.05, 0.1) is 11.7 Å². The van der Waals surface area contributed by atoms with Crippen molar-refractivity contribution in [2.75, 3.05) is 13.1 Å². The van der Waals surface area contributed by atoms with Crippen molar-refractivity contribution in [3.63, 3.8) is 0 Å². The number of rotatable bonds is 1. The third-order valence-corrected chi connectivity index (χ3v) is 3.29. The fourth-order valence-corrected chi connectivity index (χ4v) is 2.50. The van der Waals surface area contributed by atoms with Crippen LogP contribution in [0.4, 0.5) is 4.39 Å². The first-order chi connectivity index (χ1) is 7.84. The molecule has 1 unspecified atom stereocenters. The molecule has 1 aromatic carbocycles. The summed E-state index contributed by atoms with van der Waals surface area (Å²) in [4.78, 5) is 0. The number of nitrogens with one attached hydrogen (secondary N) is 2. The van der Waals surface area contributed by atoms with E-state index in [1.807, 2.05) is 0 Å². The number of benzene rings is 1. The van der Waals surface area contributed by atoms with Gasteiger partial charge in [0.1, 0.15) is 5.82 Å². The molecule has 2 aromatic rings. The number of halogens is 1. The average Bonchev–Trinajstić information content (AvgIpc) is 2.77. The molecule has 3 rings (SSSR count). The van der Waals surface area contributed by atoms with Crippen LogP contribution in [0.15, 0.2) is 18.3 Å². The van der Waals surface area contributed by atoms with E-state index in [0.717, 1.165) is 42.4 Å². The van der Waals surface area contributed by atoms with E-state index in [9.17, 15) is 4.39 Å². The molecule has 1 atom stereocenters. The molecule has 1 aromatic heterocycles. The van der Waals surface area contributed by atoms with Crippen LogP contribution in [0, 0.1) is 5.82 Å². The minimum absolute atomic E-state index is 0.183. The zero-order valence-corrected chi connectivity index (χ0v) is 8.96. The van der Waals surface area contributed by atoms with E-state index in [0.29, 0.717) is 5.92 Å². The molecule has 0 radical (unpaired) electrons. The fraction of sp³-hybridized carbons (Fsp3) is 0.417. The lowest BCUT2D eigenvalue weighted by molar-refractivity contribution is 0.462. The number of nitrogens with zero attached hydrogens (tertiary/aromatic N) is 1. The maximum Gasteiger partial charge on any atom is 0.125 e. The zero-order chi connectivity index (χ0) is 11.0. The Morgan fingerprint density at radius 1 is 1.38 bits per heavy atom. The topological polar surface area (TPSA) is 40.7 Å². The van der Waals surface area contributed by atoms with E-state index < -0.39 is 0 Å². The Balaban J connectivity index is 2.09. The van der Waals surface area contributed by atoms with E-state index >= 15 is 0 Å². The molecule has 2 heterocycles. The first kappa shape index (κ1) is 9.78. The number of piperidine rings is 1. The average molecular weight is 219 g/mol. The van der Waals surface area contributed by atoms with Gasteiger partial charge in [-0.1, -0.05) is 0 Å². The first-order valence-corrected chi connectivity index (χ1v) is 5.68. The molecule has 1 aliphatic heterocycles. The summed E-state index contributed by atoms with van der Waals surface area (Å²) in [5, 5.41) is 11.2. The molecular weight excluding hydrogens is 205 g/mol. The molecule has 84 valence electrons. The van der Waals surface area contributed by atoms with Gasteiger partial charge in [0.2, 0.25) is 0 Å². The lowest BCUT2D eigenvalue weighted by atomic mass is 9.89. The fourth-order valence-electron chi connectivity index (χ4n) is 2.50. The summed E-state index contributed by atoms with van der Waals surface area (Å²) >= 11 is 0. The molecule has 0 amide bonds. The van der Waals surface area contributed by atoms with Crippen molar-refractivity contribution < 1.29 is 4.39 Å². The minimum Gasteiger partial charge on any atom is -0.316 e. The second-order valence-corrected chi connectivity index (χ2v) is 4.37. The van der Waals surface area contributed by atoms with Crippen LogP contribution in [0.2, 0.25) is 0 Å². The number of aromatic nitrogens is 2. The van der Waals surface area contributed by atoms with E-state index in [2.05, 4.69) is 15.5 Å². The summed E-state index contributed by atoms with van der Waals surface area (Å²) in [6.45, 7) is 2.00. The Kier molecular flexibility index (Phi) is 2.36. The van der Waals surface area contributed by atoms with Gasteiger partial charge in [0, 0.05) is 11.9 Å². The monoisotopic (exact) mass is 219 g/mol. The Bertz CT molecular complexity index is 500. The van der Waals surface area contributed by atoms with Crippen LogP contribution >= 0.6 is 0 Å². The minimum atomic E-state index is -0.183. The van der Waals surface area contributed by atoms with Gasteiger partial charge in [-0.25, -0.2) is 4.39 Å². The maximum atomic E-state index is 13.5. The van der Waals surface area contributed by atoms with Gasteiger partial charge in [0.25, 0.3) is 0 Å². The zero-order valence-electron chi connectivity index (χ0n) is 8.96. The van der Waals surface area contributed by atoms with E-state index in [1.165, 1.54) is 6.07 Å². The third-order valence-electron chi connectivity index (χ3n) is 3.29. The number of fused-ring (bicyclic) bond motifs is 1.